The zero-order valence-corrected chi connectivity index (χ0v) is 11.3. The van der Waals surface area contributed by atoms with Crippen LogP contribution in [0.25, 0.3) is 0 Å². The lowest BCUT2D eigenvalue weighted by Gasteiger charge is -2.27. The molecule has 1 saturated heterocycles. The van der Waals surface area contributed by atoms with Gasteiger partial charge in [0.1, 0.15) is 0 Å². The summed E-state index contributed by atoms with van der Waals surface area (Å²) >= 11 is 0. The van der Waals surface area contributed by atoms with Crippen LogP contribution in [0.2, 0.25) is 0 Å². The molecule has 1 aromatic rings. The summed E-state index contributed by atoms with van der Waals surface area (Å²) in [4.78, 5) is 7.08. The first-order valence-corrected chi connectivity index (χ1v) is 7.36. The van der Waals surface area contributed by atoms with Crippen molar-refractivity contribution in [2.45, 2.75) is 45.2 Å². The van der Waals surface area contributed by atoms with E-state index in [2.05, 4.69) is 32.9 Å². The molecule has 3 rings (SSSR count). The molecule has 1 aliphatic carbocycles. The third-order valence-electron chi connectivity index (χ3n) is 4.10. The Morgan fingerprint density at radius 3 is 2.94 bits per heavy atom. The second kappa shape index (κ2) is 5.31. The highest BCUT2D eigenvalue weighted by Crippen LogP contribution is 2.31. The van der Waals surface area contributed by atoms with Crippen LogP contribution in [0.3, 0.4) is 0 Å². The average Bonchev–Trinajstić information content (AvgIpc) is 2.89. The van der Waals surface area contributed by atoms with Gasteiger partial charge in [-0.15, -0.1) is 0 Å². The summed E-state index contributed by atoms with van der Waals surface area (Å²) in [5, 5.41) is 3.60. The average molecular weight is 248 g/mol. The summed E-state index contributed by atoms with van der Waals surface area (Å²) in [7, 11) is 0. The van der Waals surface area contributed by atoms with E-state index in [0.29, 0.717) is 6.04 Å². The molecule has 1 aromatic heterocycles. The highest BCUT2D eigenvalue weighted by molar-refractivity contribution is 5.32. The lowest BCUT2D eigenvalue weighted by Crippen LogP contribution is -2.40. The van der Waals surface area contributed by atoms with Gasteiger partial charge in [0, 0.05) is 38.1 Å². The summed E-state index contributed by atoms with van der Waals surface area (Å²) in [5.74, 6) is 2.08. The van der Waals surface area contributed by atoms with Crippen LogP contribution < -0.4 is 10.2 Å². The lowest BCUT2D eigenvalue weighted by molar-refractivity contribution is 0.554. The number of aromatic nitrogens is 2. The molecule has 1 aliphatic heterocycles. The van der Waals surface area contributed by atoms with Crippen molar-refractivity contribution >= 4 is 5.95 Å². The standard InChI is InChI=1S/C14H24N4/c1-2-17-9-8-16-14(17)18(10-12-5-6-12)11-13-4-3-7-15-13/h8-9,12-13,15H,2-7,10-11H2,1H3. The molecular weight excluding hydrogens is 224 g/mol. The minimum atomic E-state index is 0.658. The molecule has 4 nitrogen and oxygen atoms in total. The van der Waals surface area contributed by atoms with E-state index in [0.717, 1.165) is 25.0 Å². The molecule has 1 N–H and O–H groups in total. The van der Waals surface area contributed by atoms with E-state index >= 15 is 0 Å². The minimum absolute atomic E-state index is 0.658. The number of aryl methyl sites for hydroxylation is 1. The van der Waals surface area contributed by atoms with E-state index < -0.39 is 0 Å². The van der Waals surface area contributed by atoms with Gasteiger partial charge in [0.05, 0.1) is 0 Å². The molecule has 2 heterocycles. The molecular formula is C14H24N4. The largest absolute Gasteiger partial charge is 0.340 e. The molecule has 1 atom stereocenters. The first-order chi connectivity index (χ1) is 8.86. The van der Waals surface area contributed by atoms with Crippen molar-refractivity contribution in [1.29, 1.82) is 0 Å². The Hall–Kier alpha value is -1.03. The van der Waals surface area contributed by atoms with Crippen molar-refractivity contribution in [3.05, 3.63) is 12.4 Å². The van der Waals surface area contributed by atoms with Gasteiger partial charge in [-0.1, -0.05) is 0 Å². The monoisotopic (exact) mass is 248 g/mol. The highest BCUT2D eigenvalue weighted by atomic mass is 15.3. The number of nitrogens with one attached hydrogen (secondary N) is 1. The summed E-state index contributed by atoms with van der Waals surface area (Å²) < 4.78 is 2.26. The molecule has 1 unspecified atom stereocenters. The fourth-order valence-corrected chi connectivity index (χ4v) is 2.86. The van der Waals surface area contributed by atoms with Gasteiger partial charge in [-0.2, -0.15) is 0 Å². The zero-order chi connectivity index (χ0) is 12.4. The van der Waals surface area contributed by atoms with Crippen molar-refractivity contribution in [2.24, 2.45) is 5.92 Å². The van der Waals surface area contributed by atoms with Gasteiger partial charge in [-0.3, -0.25) is 0 Å². The first-order valence-electron chi connectivity index (χ1n) is 7.36. The Bertz CT molecular complexity index is 377. The Morgan fingerprint density at radius 2 is 2.28 bits per heavy atom. The lowest BCUT2D eigenvalue weighted by atomic mass is 10.2. The van der Waals surface area contributed by atoms with Gasteiger partial charge in [0.25, 0.3) is 0 Å². The van der Waals surface area contributed by atoms with Crippen LogP contribution in [0, 0.1) is 5.92 Å². The van der Waals surface area contributed by atoms with Gasteiger partial charge in [0.2, 0.25) is 5.95 Å². The Morgan fingerprint density at radius 1 is 1.39 bits per heavy atom. The van der Waals surface area contributed by atoms with Gasteiger partial charge in [-0.05, 0) is 45.1 Å². The summed E-state index contributed by atoms with van der Waals surface area (Å²) in [6, 6.07) is 0.658. The van der Waals surface area contributed by atoms with E-state index in [1.165, 1.54) is 38.8 Å². The Labute approximate surface area is 109 Å². The van der Waals surface area contributed by atoms with Crippen LogP contribution in [0.5, 0.6) is 0 Å². The minimum Gasteiger partial charge on any atom is -0.340 e. The molecule has 100 valence electrons. The third-order valence-corrected chi connectivity index (χ3v) is 4.10. The maximum Gasteiger partial charge on any atom is 0.205 e. The Balaban J connectivity index is 1.71. The molecule has 0 spiro atoms. The van der Waals surface area contributed by atoms with Crippen molar-refractivity contribution in [3.8, 4) is 0 Å². The second-order valence-electron chi connectivity index (χ2n) is 5.65. The third kappa shape index (κ3) is 2.69. The molecule has 0 radical (unpaired) electrons. The number of hydrogen-bond donors (Lipinski definition) is 1. The zero-order valence-electron chi connectivity index (χ0n) is 11.3. The van der Waals surface area contributed by atoms with E-state index in [1.54, 1.807) is 0 Å². The van der Waals surface area contributed by atoms with Crippen molar-refractivity contribution in [1.82, 2.24) is 14.9 Å². The fraction of sp³-hybridized carbons (Fsp3) is 0.786. The number of hydrogen-bond acceptors (Lipinski definition) is 3. The van der Waals surface area contributed by atoms with Crippen LogP contribution in [-0.2, 0) is 6.54 Å². The highest BCUT2D eigenvalue weighted by Gasteiger charge is 2.28. The summed E-state index contributed by atoms with van der Waals surface area (Å²) in [6.07, 6.45) is 9.47. The molecule has 1 saturated carbocycles. The fourth-order valence-electron chi connectivity index (χ4n) is 2.86. The van der Waals surface area contributed by atoms with Crippen molar-refractivity contribution < 1.29 is 0 Å². The number of nitrogens with zero attached hydrogens (tertiary/aromatic N) is 3. The summed E-state index contributed by atoms with van der Waals surface area (Å²) in [5.41, 5.74) is 0. The van der Waals surface area contributed by atoms with E-state index in [1.807, 2.05) is 6.20 Å². The molecule has 2 aliphatic rings. The quantitative estimate of drug-likeness (QED) is 0.834. The Kier molecular flexibility index (Phi) is 3.55. The summed E-state index contributed by atoms with van der Waals surface area (Å²) in [6.45, 7) is 6.69. The van der Waals surface area contributed by atoms with Crippen LogP contribution >= 0.6 is 0 Å². The SMILES string of the molecule is CCn1ccnc1N(CC1CC1)CC1CCCN1. The maximum atomic E-state index is 4.57. The molecule has 0 amide bonds. The molecule has 4 heteroatoms. The number of rotatable bonds is 6. The second-order valence-corrected chi connectivity index (χ2v) is 5.65. The topological polar surface area (TPSA) is 33.1 Å². The van der Waals surface area contributed by atoms with Crippen molar-refractivity contribution in [2.75, 3.05) is 24.5 Å². The normalized spacial score (nSPS) is 23.5. The number of imidazole rings is 1. The van der Waals surface area contributed by atoms with E-state index in [-0.39, 0.29) is 0 Å². The predicted octanol–water partition coefficient (Wildman–Crippen LogP) is 1.87. The first kappa shape index (κ1) is 12.0. The van der Waals surface area contributed by atoms with Crippen LogP contribution in [0.4, 0.5) is 5.95 Å². The van der Waals surface area contributed by atoms with Gasteiger partial charge in [-0.25, -0.2) is 4.98 Å². The van der Waals surface area contributed by atoms with Crippen LogP contribution in [0.1, 0.15) is 32.6 Å². The van der Waals surface area contributed by atoms with E-state index in [9.17, 15) is 0 Å². The van der Waals surface area contributed by atoms with Gasteiger partial charge in [0.15, 0.2) is 0 Å². The van der Waals surface area contributed by atoms with Crippen molar-refractivity contribution in [3.63, 3.8) is 0 Å². The smallest absolute Gasteiger partial charge is 0.205 e. The van der Waals surface area contributed by atoms with Crippen LogP contribution in [-0.4, -0.2) is 35.2 Å². The van der Waals surface area contributed by atoms with Crippen LogP contribution in [0.15, 0.2) is 12.4 Å². The molecule has 0 aromatic carbocycles. The van der Waals surface area contributed by atoms with E-state index in [4.69, 9.17) is 0 Å². The number of anilines is 1. The predicted molar refractivity (Wildman–Crippen MR) is 73.9 cm³/mol. The molecule has 2 fully saturated rings. The maximum absolute atomic E-state index is 4.57. The molecule has 18 heavy (non-hydrogen) atoms. The van der Waals surface area contributed by atoms with Gasteiger partial charge < -0.3 is 14.8 Å². The molecule has 0 bridgehead atoms. The van der Waals surface area contributed by atoms with Gasteiger partial charge >= 0.3 is 0 Å².